The molecule has 2 aromatic heterocycles. The molecule has 0 aliphatic carbocycles. The fourth-order valence-electron chi connectivity index (χ4n) is 11.1. The highest BCUT2D eigenvalue weighted by molar-refractivity contribution is 6.35. The number of hydrogen-bond donors (Lipinski definition) is 2. The Balaban J connectivity index is 0.863. The van der Waals surface area contributed by atoms with E-state index < -0.39 is 17.9 Å². The molecule has 4 aliphatic rings. The molecule has 3 atom stereocenters. The monoisotopic (exact) mass is 943 g/mol. The minimum Gasteiger partial charge on any atom is -0.493 e. The molecule has 6 heterocycles. The Morgan fingerprint density at radius 2 is 1.74 bits per heavy atom. The second kappa shape index (κ2) is 18.0. The maximum Gasteiger partial charge on any atom is 0.352 e. The lowest BCUT2D eigenvalue weighted by Gasteiger charge is -2.29. The molecule has 352 valence electrons. The van der Waals surface area contributed by atoms with Gasteiger partial charge in [0.2, 0.25) is 11.8 Å². The van der Waals surface area contributed by atoms with Crippen molar-refractivity contribution in [1.82, 2.24) is 34.4 Å². The number of nitrogens with zero attached hydrogens (tertiary/aromatic N) is 6. The van der Waals surface area contributed by atoms with Crippen molar-refractivity contribution in [2.75, 3.05) is 39.4 Å². The van der Waals surface area contributed by atoms with E-state index in [0.29, 0.717) is 78.8 Å². The maximum absolute atomic E-state index is 14.0. The summed E-state index contributed by atoms with van der Waals surface area (Å²) in [6.07, 6.45) is 2.18. The van der Waals surface area contributed by atoms with Crippen molar-refractivity contribution in [1.29, 1.82) is 0 Å². The van der Waals surface area contributed by atoms with Crippen molar-refractivity contribution in [2.45, 2.75) is 71.1 Å². The van der Waals surface area contributed by atoms with Gasteiger partial charge in [-0.25, -0.2) is 9.18 Å². The van der Waals surface area contributed by atoms with Gasteiger partial charge in [-0.2, -0.15) is 5.10 Å². The van der Waals surface area contributed by atoms with Crippen LogP contribution in [0.4, 0.5) is 4.39 Å². The molecule has 4 aromatic carbocycles. The Kier molecular flexibility index (Phi) is 11.9. The molecule has 68 heavy (non-hydrogen) atoms. The first-order chi connectivity index (χ1) is 32.8. The molecule has 6 aromatic rings. The van der Waals surface area contributed by atoms with Crippen LogP contribution >= 0.6 is 11.6 Å². The first-order valence-corrected chi connectivity index (χ1v) is 23.4. The number of carbonyl (C=O) groups is 5. The quantitative estimate of drug-likeness (QED) is 0.0888. The van der Waals surface area contributed by atoms with E-state index in [1.807, 2.05) is 60.7 Å². The Labute approximate surface area is 396 Å². The number of carboxylic acids is 1. The number of hydrogen-bond acceptors (Lipinski definition) is 9. The van der Waals surface area contributed by atoms with Crippen LogP contribution in [-0.2, 0) is 40.9 Å². The number of imide groups is 1. The van der Waals surface area contributed by atoms with Crippen LogP contribution in [0.25, 0.3) is 32.8 Å². The van der Waals surface area contributed by atoms with E-state index in [4.69, 9.17) is 26.2 Å². The van der Waals surface area contributed by atoms with Gasteiger partial charge in [0.05, 0.1) is 29.4 Å². The van der Waals surface area contributed by atoms with Crippen LogP contribution in [0.5, 0.6) is 11.5 Å². The maximum atomic E-state index is 14.0. The van der Waals surface area contributed by atoms with E-state index in [9.17, 15) is 33.5 Å². The minimum atomic E-state index is -1.05. The second-order valence-electron chi connectivity index (χ2n) is 18.3. The number of ether oxygens (including phenoxy) is 2. The van der Waals surface area contributed by atoms with Crippen molar-refractivity contribution in [2.24, 2.45) is 13.0 Å². The van der Waals surface area contributed by atoms with E-state index in [1.54, 1.807) is 28.9 Å². The summed E-state index contributed by atoms with van der Waals surface area (Å²) in [6, 6.07) is 18.2. The summed E-state index contributed by atoms with van der Waals surface area (Å²) in [5.74, 6) is -1.48. The fraction of sp³-hybridized carbons (Fsp3) is 0.373. The zero-order valence-corrected chi connectivity index (χ0v) is 38.8. The number of amides is 4. The van der Waals surface area contributed by atoms with Crippen LogP contribution in [0.15, 0.2) is 66.7 Å². The van der Waals surface area contributed by atoms with Crippen molar-refractivity contribution in [3.8, 4) is 22.6 Å². The van der Waals surface area contributed by atoms with Gasteiger partial charge in [-0.3, -0.25) is 34.1 Å². The van der Waals surface area contributed by atoms with Crippen LogP contribution in [0.1, 0.15) is 69.0 Å². The van der Waals surface area contributed by atoms with Gasteiger partial charge >= 0.3 is 5.97 Å². The topological polar surface area (TPSA) is 169 Å². The lowest BCUT2D eigenvalue weighted by molar-refractivity contribution is -0.137. The molecule has 3 unspecified atom stereocenters. The molecule has 15 nitrogen and oxygen atoms in total. The Morgan fingerprint density at radius 3 is 2.51 bits per heavy atom. The smallest absolute Gasteiger partial charge is 0.352 e. The number of benzene rings is 4. The molecule has 3 saturated heterocycles. The van der Waals surface area contributed by atoms with E-state index in [2.05, 4.69) is 10.2 Å². The summed E-state index contributed by atoms with van der Waals surface area (Å²) in [5, 5.41) is 20.9. The Bertz CT molecular complexity index is 3070. The molecule has 10 rings (SSSR count). The van der Waals surface area contributed by atoms with Gasteiger partial charge in [0, 0.05) is 84.4 Å². The average Bonchev–Trinajstić information content (AvgIpc) is 4.11. The van der Waals surface area contributed by atoms with Crippen LogP contribution in [0, 0.1) is 25.6 Å². The molecule has 3 fully saturated rings. The summed E-state index contributed by atoms with van der Waals surface area (Å²) in [5.41, 5.74) is 5.87. The van der Waals surface area contributed by atoms with Gasteiger partial charge in [-0.15, -0.1) is 0 Å². The van der Waals surface area contributed by atoms with E-state index >= 15 is 0 Å². The predicted molar refractivity (Wildman–Crippen MR) is 251 cm³/mol. The number of aryl methyl sites for hydroxylation is 3. The third kappa shape index (κ3) is 8.02. The molecule has 0 saturated carbocycles. The van der Waals surface area contributed by atoms with Crippen LogP contribution in [0.3, 0.4) is 0 Å². The van der Waals surface area contributed by atoms with Gasteiger partial charge in [0.25, 0.3) is 11.8 Å². The first-order valence-electron chi connectivity index (χ1n) is 23.1. The molecule has 4 amide bonds. The number of halogens is 2. The molecule has 4 aliphatic heterocycles. The zero-order chi connectivity index (χ0) is 47.5. The van der Waals surface area contributed by atoms with E-state index in [0.717, 1.165) is 57.2 Å². The lowest BCUT2D eigenvalue weighted by Crippen LogP contribution is -2.52. The SMILES string of the molecule is Cc1nn(C)c(C)c1-c1c(Cl)ccc2c(CCCOc3cccc4cc(F)ccc34)c(C(=O)O)n(CCN3CCC4CN(C(=O)COc5cccc6c5CN(C5CCC(=O)NC5=O)C6=O)CC43)c12. The van der Waals surface area contributed by atoms with Gasteiger partial charge < -0.3 is 28.9 Å². The summed E-state index contributed by atoms with van der Waals surface area (Å²) in [7, 11) is 1.87. The highest BCUT2D eigenvalue weighted by atomic mass is 35.5. The van der Waals surface area contributed by atoms with E-state index in [1.165, 1.54) is 17.0 Å². The normalized spacial score (nSPS) is 19.3. The van der Waals surface area contributed by atoms with Crippen LogP contribution < -0.4 is 14.8 Å². The lowest BCUT2D eigenvalue weighted by atomic mass is 9.98. The number of aromatic nitrogens is 3. The fourth-order valence-corrected chi connectivity index (χ4v) is 11.3. The minimum absolute atomic E-state index is 0.0581. The average molecular weight is 944 g/mol. The summed E-state index contributed by atoms with van der Waals surface area (Å²) in [6.45, 7) is 6.83. The third-order valence-electron chi connectivity index (χ3n) is 14.4. The molecule has 0 bridgehead atoms. The van der Waals surface area contributed by atoms with Crippen LogP contribution in [0.2, 0.25) is 5.02 Å². The highest BCUT2D eigenvalue weighted by Gasteiger charge is 2.44. The Hall–Kier alpha value is -6.78. The van der Waals surface area contributed by atoms with E-state index in [-0.39, 0.29) is 67.2 Å². The van der Waals surface area contributed by atoms with Crippen molar-refractivity contribution < 1.29 is 42.9 Å². The predicted octanol–water partition coefficient (Wildman–Crippen LogP) is 6.69. The third-order valence-corrected chi connectivity index (χ3v) is 14.7. The van der Waals surface area contributed by atoms with Gasteiger partial charge in [-0.1, -0.05) is 35.9 Å². The Morgan fingerprint density at radius 1 is 0.941 bits per heavy atom. The number of piperidine rings is 1. The van der Waals surface area contributed by atoms with Crippen LogP contribution in [-0.4, -0.2) is 115 Å². The summed E-state index contributed by atoms with van der Waals surface area (Å²) < 4.78 is 30.0. The molecule has 0 spiro atoms. The molecule has 2 N–H and O–H groups in total. The molecular weight excluding hydrogens is 893 g/mol. The van der Waals surface area contributed by atoms with Gasteiger partial charge in [0.15, 0.2) is 6.61 Å². The van der Waals surface area contributed by atoms with Crippen molar-refractivity contribution in [3.63, 3.8) is 0 Å². The first kappa shape index (κ1) is 45.0. The summed E-state index contributed by atoms with van der Waals surface area (Å²) >= 11 is 7.11. The van der Waals surface area contributed by atoms with Crippen molar-refractivity contribution in [3.05, 3.63) is 111 Å². The number of carbonyl (C=O) groups excluding carboxylic acids is 4. The molecule has 17 heteroatoms. The molecular formula is C51H51ClFN7O8. The number of fused-ring (bicyclic) bond motifs is 4. The zero-order valence-electron chi connectivity index (χ0n) is 38.0. The number of aromatic carboxylic acids is 1. The number of nitrogens with one attached hydrogen (secondary N) is 1. The standard InChI is InChI=1S/C51H51ClFN7O8/c1-28-45(29(2)56(3)55-28)46-38(52)15-14-35-34(9-6-22-67-41-10-4-7-30-23-32(53)12-13-33(30)41)48(51(65)66)59(47(35)46)21-20-57-19-18-31-24-58(26-40(31)57)44(62)27-68-42-11-5-8-36-37(42)25-60(50(36)64)39-16-17-43(61)54-49(39)63/h4-5,7-8,10-15,23,31,39-40H,6,9,16-22,24-27H2,1-3H3,(H,65,66)(H,54,61,63). The largest absolute Gasteiger partial charge is 0.493 e. The number of carboxylic acid groups (broad SMARTS) is 1. The molecule has 0 radical (unpaired) electrons. The number of rotatable bonds is 14. The number of likely N-dealkylation sites (tertiary alicyclic amines) is 2. The van der Waals surface area contributed by atoms with Crippen molar-refractivity contribution >= 4 is 62.9 Å². The summed E-state index contributed by atoms with van der Waals surface area (Å²) in [4.78, 5) is 70.7. The van der Waals surface area contributed by atoms with Gasteiger partial charge in [-0.05, 0) is 105 Å². The van der Waals surface area contributed by atoms with Gasteiger partial charge in [0.1, 0.15) is 29.1 Å². The second-order valence-corrected chi connectivity index (χ2v) is 18.7. The highest BCUT2D eigenvalue weighted by Crippen LogP contribution is 2.43.